The molecule has 1 fully saturated rings. The molecule has 1 rings (SSSR count). The van der Waals surface area contributed by atoms with Crippen LogP contribution in [0.25, 0.3) is 0 Å². The molecule has 1 unspecified atom stereocenters. The van der Waals surface area contributed by atoms with Gasteiger partial charge in [-0.1, -0.05) is 0 Å². The van der Waals surface area contributed by atoms with Crippen molar-refractivity contribution in [2.75, 3.05) is 24.6 Å². The number of hydrogen-bond donors (Lipinski definition) is 3. The Labute approximate surface area is 103 Å². The number of thioether (sulfide) groups is 1. The highest BCUT2D eigenvalue weighted by Gasteiger charge is 2.25. The molecule has 0 aromatic carbocycles. The van der Waals surface area contributed by atoms with Gasteiger partial charge in [0.1, 0.15) is 6.04 Å². The number of rotatable bonds is 4. The molecule has 7 nitrogen and oxygen atoms in total. The van der Waals surface area contributed by atoms with E-state index in [1.165, 1.54) is 4.90 Å². The van der Waals surface area contributed by atoms with Crippen LogP contribution < -0.4 is 11.1 Å². The lowest BCUT2D eigenvalue weighted by Crippen LogP contribution is -2.51. The minimum atomic E-state index is -1.26. The van der Waals surface area contributed by atoms with Crippen molar-refractivity contribution in [1.29, 1.82) is 0 Å². The maximum Gasteiger partial charge on any atom is 0.326 e. The van der Waals surface area contributed by atoms with Crippen LogP contribution in [0.4, 0.5) is 4.79 Å². The number of carboxylic acids is 1. The molecule has 17 heavy (non-hydrogen) atoms. The number of amides is 3. The second-order valence-corrected chi connectivity index (χ2v) is 4.83. The number of hydrogen-bond acceptors (Lipinski definition) is 4. The number of carbonyl (C=O) groups is 3. The summed E-state index contributed by atoms with van der Waals surface area (Å²) in [7, 11) is 0. The molecule has 1 aliphatic rings. The Hall–Kier alpha value is -1.44. The maximum atomic E-state index is 11.7. The van der Waals surface area contributed by atoms with Gasteiger partial charge in [-0.15, -0.1) is 0 Å². The van der Waals surface area contributed by atoms with Gasteiger partial charge in [-0.25, -0.2) is 9.59 Å². The first-order chi connectivity index (χ1) is 8.00. The highest BCUT2D eigenvalue weighted by molar-refractivity contribution is 7.99. The number of urea groups is 1. The molecule has 3 amide bonds. The average molecular weight is 261 g/mol. The highest BCUT2D eigenvalue weighted by Crippen LogP contribution is 2.09. The van der Waals surface area contributed by atoms with Gasteiger partial charge >= 0.3 is 12.0 Å². The monoisotopic (exact) mass is 261 g/mol. The fraction of sp³-hybridized carbons (Fsp3) is 0.667. The van der Waals surface area contributed by atoms with E-state index in [0.29, 0.717) is 13.1 Å². The van der Waals surface area contributed by atoms with Crippen molar-refractivity contribution in [3.05, 3.63) is 0 Å². The van der Waals surface area contributed by atoms with Gasteiger partial charge in [0.05, 0.1) is 6.42 Å². The van der Waals surface area contributed by atoms with Crippen LogP contribution in [0.15, 0.2) is 0 Å². The van der Waals surface area contributed by atoms with Gasteiger partial charge in [-0.2, -0.15) is 11.8 Å². The van der Waals surface area contributed by atoms with Crippen LogP contribution in [0.3, 0.4) is 0 Å². The number of nitrogens with one attached hydrogen (secondary N) is 1. The fourth-order valence-corrected chi connectivity index (χ4v) is 2.31. The molecule has 4 N–H and O–H groups in total. The predicted octanol–water partition coefficient (Wildman–Crippen LogP) is -0.927. The third kappa shape index (κ3) is 4.51. The summed E-state index contributed by atoms with van der Waals surface area (Å²) in [5.41, 5.74) is 4.91. The minimum Gasteiger partial charge on any atom is -0.480 e. The van der Waals surface area contributed by atoms with Gasteiger partial charge < -0.3 is 21.1 Å². The average Bonchev–Trinajstić information content (AvgIpc) is 2.28. The van der Waals surface area contributed by atoms with E-state index < -0.39 is 30.4 Å². The first-order valence-corrected chi connectivity index (χ1v) is 6.30. The fourth-order valence-electron chi connectivity index (χ4n) is 1.41. The molecule has 1 aliphatic heterocycles. The number of carbonyl (C=O) groups excluding carboxylic acids is 2. The molecular weight excluding hydrogens is 246 g/mol. The number of nitrogens with two attached hydrogens (primary N) is 1. The van der Waals surface area contributed by atoms with Crippen LogP contribution in [0, 0.1) is 0 Å². The predicted molar refractivity (Wildman–Crippen MR) is 62.7 cm³/mol. The zero-order chi connectivity index (χ0) is 12.8. The minimum absolute atomic E-state index is 0.399. The zero-order valence-electron chi connectivity index (χ0n) is 9.22. The normalized spacial score (nSPS) is 17.3. The van der Waals surface area contributed by atoms with E-state index >= 15 is 0 Å². The van der Waals surface area contributed by atoms with Crippen LogP contribution in [0.5, 0.6) is 0 Å². The van der Waals surface area contributed by atoms with E-state index in [1.54, 1.807) is 11.8 Å². The Balaban J connectivity index is 2.50. The zero-order valence-corrected chi connectivity index (χ0v) is 10.0. The molecule has 0 radical (unpaired) electrons. The molecule has 0 aliphatic carbocycles. The van der Waals surface area contributed by atoms with E-state index in [1.807, 2.05) is 0 Å². The van der Waals surface area contributed by atoms with Crippen molar-refractivity contribution in [3.8, 4) is 0 Å². The molecule has 1 saturated heterocycles. The van der Waals surface area contributed by atoms with Gasteiger partial charge in [0.15, 0.2) is 0 Å². The van der Waals surface area contributed by atoms with Crippen molar-refractivity contribution >= 4 is 29.7 Å². The first kappa shape index (κ1) is 13.6. The highest BCUT2D eigenvalue weighted by atomic mass is 32.2. The molecule has 0 bridgehead atoms. The SMILES string of the molecule is NC(=O)CC(NC(=O)N1CCSCC1)C(=O)O. The van der Waals surface area contributed by atoms with Crippen molar-refractivity contribution in [2.45, 2.75) is 12.5 Å². The van der Waals surface area contributed by atoms with Crippen LogP contribution in [-0.4, -0.2) is 58.6 Å². The van der Waals surface area contributed by atoms with Gasteiger partial charge in [0.25, 0.3) is 0 Å². The summed E-state index contributed by atoms with van der Waals surface area (Å²) in [6, 6.07) is -1.71. The molecule has 1 atom stereocenters. The van der Waals surface area contributed by atoms with Gasteiger partial charge in [-0.05, 0) is 0 Å². The summed E-state index contributed by atoms with van der Waals surface area (Å²) in [4.78, 5) is 34.7. The third-order valence-electron chi connectivity index (χ3n) is 2.30. The molecular formula is C9H15N3O4S. The molecule has 0 aromatic heterocycles. The molecule has 96 valence electrons. The topological polar surface area (TPSA) is 113 Å². The largest absolute Gasteiger partial charge is 0.480 e. The summed E-state index contributed by atoms with van der Waals surface area (Å²) in [6.45, 7) is 1.17. The van der Waals surface area contributed by atoms with Gasteiger partial charge in [0, 0.05) is 24.6 Å². The van der Waals surface area contributed by atoms with Crippen LogP contribution in [-0.2, 0) is 9.59 Å². The van der Waals surface area contributed by atoms with Crippen LogP contribution >= 0.6 is 11.8 Å². The van der Waals surface area contributed by atoms with Crippen molar-refractivity contribution < 1.29 is 19.5 Å². The third-order valence-corrected chi connectivity index (χ3v) is 3.24. The number of primary amides is 1. The van der Waals surface area contributed by atoms with Crippen LogP contribution in [0.2, 0.25) is 0 Å². The van der Waals surface area contributed by atoms with Gasteiger partial charge in [0.2, 0.25) is 5.91 Å². The summed E-state index contributed by atoms with van der Waals surface area (Å²) in [5, 5.41) is 11.1. The quantitative estimate of drug-likeness (QED) is 0.605. The molecule has 0 spiro atoms. The summed E-state index contributed by atoms with van der Waals surface area (Å²) < 4.78 is 0. The van der Waals surface area contributed by atoms with Crippen LogP contribution in [0.1, 0.15) is 6.42 Å². The second kappa shape index (κ2) is 6.33. The van der Waals surface area contributed by atoms with Crippen molar-refractivity contribution in [3.63, 3.8) is 0 Å². The number of nitrogens with zero attached hydrogens (tertiary/aromatic N) is 1. The molecule has 0 aromatic rings. The summed E-state index contributed by atoms with van der Waals surface area (Å²) >= 11 is 1.74. The smallest absolute Gasteiger partial charge is 0.326 e. The summed E-state index contributed by atoms with van der Waals surface area (Å²) in [5.74, 6) is -0.350. The van der Waals surface area contributed by atoms with E-state index in [9.17, 15) is 14.4 Å². The van der Waals surface area contributed by atoms with E-state index in [2.05, 4.69) is 5.32 Å². The van der Waals surface area contributed by atoms with Crippen molar-refractivity contribution in [1.82, 2.24) is 10.2 Å². The lowest BCUT2D eigenvalue weighted by Gasteiger charge is -2.27. The van der Waals surface area contributed by atoms with Crippen molar-refractivity contribution in [2.24, 2.45) is 5.73 Å². The Morgan fingerprint density at radius 3 is 2.41 bits per heavy atom. The first-order valence-electron chi connectivity index (χ1n) is 5.15. The second-order valence-electron chi connectivity index (χ2n) is 3.61. The Kier molecular flexibility index (Phi) is 5.08. The molecule has 0 saturated carbocycles. The van der Waals surface area contributed by atoms with E-state index in [0.717, 1.165) is 11.5 Å². The number of carboxylic acid groups (broad SMARTS) is 1. The molecule has 1 heterocycles. The lowest BCUT2D eigenvalue weighted by molar-refractivity contribution is -0.140. The molecule has 8 heteroatoms. The van der Waals surface area contributed by atoms with Gasteiger partial charge in [-0.3, -0.25) is 4.79 Å². The van der Waals surface area contributed by atoms with E-state index in [4.69, 9.17) is 10.8 Å². The lowest BCUT2D eigenvalue weighted by atomic mass is 10.2. The Morgan fingerprint density at radius 1 is 1.35 bits per heavy atom. The standard InChI is InChI=1S/C9H15N3O4S/c10-7(13)5-6(8(14)15)11-9(16)12-1-3-17-4-2-12/h6H,1-5H2,(H2,10,13)(H,11,16)(H,14,15). The maximum absolute atomic E-state index is 11.7. The summed E-state index contributed by atoms with van der Waals surface area (Å²) in [6.07, 6.45) is -0.399. The Bertz CT molecular complexity index is 317. The Morgan fingerprint density at radius 2 is 1.94 bits per heavy atom. The van der Waals surface area contributed by atoms with E-state index in [-0.39, 0.29) is 0 Å². The number of aliphatic carboxylic acids is 1.